The lowest BCUT2D eigenvalue weighted by atomic mass is 10.1. The van der Waals surface area contributed by atoms with E-state index in [1.807, 2.05) is 14.1 Å². The van der Waals surface area contributed by atoms with Crippen molar-refractivity contribution < 1.29 is 14.0 Å². The second-order valence-corrected chi connectivity index (χ2v) is 7.82. The van der Waals surface area contributed by atoms with E-state index >= 15 is 0 Å². The van der Waals surface area contributed by atoms with Crippen molar-refractivity contribution in [3.8, 4) is 11.4 Å². The molecule has 2 aromatic carbocycles. The Hall–Kier alpha value is -2.77. The highest BCUT2D eigenvalue weighted by Crippen LogP contribution is 2.34. The van der Waals surface area contributed by atoms with Crippen molar-refractivity contribution in [1.29, 1.82) is 0 Å². The van der Waals surface area contributed by atoms with Gasteiger partial charge in [0.15, 0.2) is 0 Å². The molecule has 0 saturated carbocycles. The lowest BCUT2D eigenvalue weighted by molar-refractivity contribution is 0.169. The number of halogens is 1. The van der Waals surface area contributed by atoms with Crippen LogP contribution in [0.4, 0.5) is 10.1 Å². The quantitative estimate of drug-likeness (QED) is 0.711. The number of aromatic nitrogens is 2. The van der Waals surface area contributed by atoms with E-state index in [9.17, 15) is 9.50 Å². The Morgan fingerprint density at radius 1 is 1.21 bits per heavy atom. The molecule has 3 aromatic rings. The third-order valence-corrected chi connectivity index (χ3v) is 5.38. The molecule has 6 nitrogen and oxygen atoms in total. The Balaban J connectivity index is 1.53. The lowest BCUT2D eigenvalue weighted by Gasteiger charge is -2.21. The van der Waals surface area contributed by atoms with Gasteiger partial charge in [-0.05, 0) is 42.7 Å². The van der Waals surface area contributed by atoms with E-state index in [4.69, 9.17) is 4.52 Å². The van der Waals surface area contributed by atoms with Crippen molar-refractivity contribution in [1.82, 2.24) is 15.0 Å². The third-order valence-electron chi connectivity index (χ3n) is 5.38. The van der Waals surface area contributed by atoms with Crippen LogP contribution in [0, 0.1) is 12.7 Å². The second-order valence-electron chi connectivity index (χ2n) is 7.82. The summed E-state index contributed by atoms with van der Waals surface area (Å²) in [6.07, 6.45) is 0.0767. The highest BCUT2D eigenvalue weighted by Gasteiger charge is 2.36. The highest BCUT2D eigenvalue weighted by atomic mass is 19.1. The number of hydrogen-bond donors (Lipinski definition) is 1. The summed E-state index contributed by atoms with van der Waals surface area (Å²) in [5.41, 5.74) is 3.43. The number of aliphatic hydroxyl groups excluding tert-OH is 1. The summed E-state index contributed by atoms with van der Waals surface area (Å²) < 4.78 is 19.4. The average Bonchev–Trinajstić information content (AvgIpc) is 3.31. The summed E-state index contributed by atoms with van der Waals surface area (Å²) in [7, 11) is 4.02. The van der Waals surface area contributed by atoms with Gasteiger partial charge in [-0.15, -0.1) is 0 Å². The van der Waals surface area contributed by atoms with Gasteiger partial charge in [0.25, 0.3) is 0 Å². The zero-order valence-electron chi connectivity index (χ0n) is 16.8. The van der Waals surface area contributed by atoms with Crippen molar-refractivity contribution in [2.45, 2.75) is 32.0 Å². The van der Waals surface area contributed by atoms with Crippen molar-refractivity contribution >= 4 is 5.69 Å². The fourth-order valence-electron chi connectivity index (χ4n) is 3.66. The average molecular weight is 396 g/mol. The molecular weight excluding hydrogens is 371 g/mol. The molecule has 1 fully saturated rings. The summed E-state index contributed by atoms with van der Waals surface area (Å²) in [6.45, 7) is 2.92. The zero-order chi connectivity index (χ0) is 20.5. The molecule has 0 amide bonds. The molecule has 7 heteroatoms. The normalized spacial score (nSPS) is 19.6. The summed E-state index contributed by atoms with van der Waals surface area (Å²) >= 11 is 0. The summed E-state index contributed by atoms with van der Waals surface area (Å²) in [4.78, 5) is 8.69. The minimum Gasteiger partial charge on any atom is -0.392 e. The van der Waals surface area contributed by atoms with E-state index in [1.165, 1.54) is 6.07 Å². The first kappa shape index (κ1) is 19.5. The largest absolute Gasteiger partial charge is 0.392 e. The molecule has 0 radical (unpaired) electrons. The number of likely N-dealkylation sites (tertiary alicyclic amines) is 1. The third kappa shape index (κ3) is 4.16. The number of β-amino-alcohol motifs (C(OH)–C–C–N with tert-alkyl or cyclic N) is 1. The van der Waals surface area contributed by atoms with Crippen LogP contribution in [-0.2, 0) is 6.54 Å². The lowest BCUT2D eigenvalue weighted by Crippen LogP contribution is -2.24. The van der Waals surface area contributed by atoms with Crippen LogP contribution < -0.4 is 4.90 Å². The van der Waals surface area contributed by atoms with Gasteiger partial charge in [0, 0.05) is 38.4 Å². The molecule has 2 heterocycles. The first-order valence-electron chi connectivity index (χ1n) is 9.69. The Kier molecular flexibility index (Phi) is 5.34. The molecule has 0 unspecified atom stereocenters. The van der Waals surface area contributed by atoms with Gasteiger partial charge in [0.05, 0.1) is 12.1 Å². The number of anilines is 1. The van der Waals surface area contributed by atoms with Crippen LogP contribution in [0.2, 0.25) is 0 Å². The number of benzene rings is 2. The van der Waals surface area contributed by atoms with Crippen molar-refractivity contribution in [2.24, 2.45) is 0 Å². The molecule has 4 rings (SSSR count). The highest BCUT2D eigenvalue weighted by molar-refractivity contribution is 5.55. The molecule has 1 aromatic heterocycles. The Morgan fingerprint density at radius 2 is 1.97 bits per heavy atom. The van der Waals surface area contributed by atoms with Gasteiger partial charge in [0.1, 0.15) is 5.82 Å². The van der Waals surface area contributed by atoms with Crippen molar-refractivity contribution in [3.05, 3.63) is 65.3 Å². The van der Waals surface area contributed by atoms with Gasteiger partial charge in [-0.3, -0.25) is 4.90 Å². The van der Waals surface area contributed by atoms with Crippen LogP contribution in [-0.4, -0.2) is 46.9 Å². The maximum absolute atomic E-state index is 13.9. The van der Waals surface area contributed by atoms with Crippen molar-refractivity contribution in [3.63, 3.8) is 0 Å². The van der Waals surface area contributed by atoms with E-state index < -0.39 is 6.10 Å². The molecule has 2 atom stereocenters. The number of aliphatic hydroxyl groups is 1. The summed E-state index contributed by atoms with van der Waals surface area (Å²) in [5.74, 6) is 0.506. The predicted octanol–water partition coefficient (Wildman–Crippen LogP) is 3.56. The van der Waals surface area contributed by atoms with E-state index in [1.54, 1.807) is 19.1 Å². The van der Waals surface area contributed by atoms with Crippen LogP contribution >= 0.6 is 0 Å². The molecule has 1 N–H and O–H groups in total. The van der Waals surface area contributed by atoms with E-state index in [2.05, 4.69) is 44.2 Å². The molecule has 1 aliphatic rings. The Labute approximate surface area is 169 Å². The standard InChI is InChI=1S/C22H25FN4O2/c1-14-4-7-16(10-19(14)23)21-24-22(29-25-21)20-11-18(28)13-27(20)12-15-5-8-17(9-6-15)26(2)3/h4-10,18,20,28H,11-13H2,1-3H3/t18-,20+/m1/s1. The monoisotopic (exact) mass is 396 g/mol. The number of rotatable bonds is 5. The van der Waals surface area contributed by atoms with Gasteiger partial charge in [-0.25, -0.2) is 4.39 Å². The van der Waals surface area contributed by atoms with E-state index in [-0.39, 0.29) is 11.9 Å². The fourth-order valence-corrected chi connectivity index (χ4v) is 3.66. The SMILES string of the molecule is Cc1ccc(-c2noc([C@@H]3C[C@@H](O)CN3Cc3ccc(N(C)C)cc3)n2)cc1F. The molecule has 1 aliphatic heterocycles. The zero-order valence-corrected chi connectivity index (χ0v) is 16.8. The molecule has 152 valence electrons. The van der Waals surface area contributed by atoms with Gasteiger partial charge >= 0.3 is 0 Å². The van der Waals surface area contributed by atoms with Crippen LogP contribution in [0.3, 0.4) is 0 Å². The Bertz CT molecular complexity index is 987. The molecule has 29 heavy (non-hydrogen) atoms. The van der Waals surface area contributed by atoms with E-state index in [0.717, 1.165) is 11.3 Å². The smallest absolute Gasteiger partial charge is 0.244 e. The van der Waals surface area contributed by atoms with E-state index in [0.29, 0.717) is 42.4 Å². The molecular formula is C22H25FN4O2. The fraction of sp³-hybridized carbons (Fsp3) is 0.364. The topological polar surface area (TPSA) is 65.6 Å². The molecule has 1 saturated heterocycles. The molecule has 0 spiro atoms. The minimum absolute atomic E-state index is 0.171. The van der Waals surface area contributed by atoms with Crippen molar-refractivity contribution in [2.75, 3.05) is 25.5 Å². The van der Waals surface area contributed by atoms with Gasteiger partial charge in [-0.1, -0.05) is 29.4 Å². The Morgan fingerprint density at radius 3 is 2.66 bits per heavy atom. The summed E-state index contributed by atoms with van der Waals surface area (Å²) in [6, 6.07) is 13.1. The first-order chi connectivity index (χ1) is 13.9. The number of aryl methyl sites for hydroxylation is 1. The maximum atomic E-state index is 13.9. The van der Waals surface area contributed by atoms with Gasteiger partial charge in [-0.2, -0.15) is 4.98 Å². The number of nitrogens with zero attached hydrogens (tertiary/aromatic N) is 4. The van der Waals surface area contributed by atoms with Crippen LogP contribution in [0.1, 0.15) is 29.5 Å². The van der Waals surface area contributed by atoms with Crippen LogP contribution in [0.5, 0.6) is 0 Å². The van der Waals surface area contributed by atoms with Crippen LogP contribution in [0.25, 0.3) is 11.4 Å². The minimum atomic E-state index is -0.451. The molecule has 0 aliphatic carbocycles. The van der Waals surface area contributed by atoms with Gasteiger partial charge in [0.2, 0.25) is 11.7 Å². The van der Waals surface area contributed by atoms with Gasteiger partial charge < -0.3 is 14.5 Å². The maximum Gasteiger partial charge on any atom is 0.244 e. The predicted molar refractivity (Wildman–Crippen MR) is 109 cm³/mol. The number of hydrogen-bond acceptors (Lipinski definition) is 6. The summed E-state index contributed by atoms with van der Waals surface area (Å²) in [5, 5.41) is 14.3. The second kappa shape index (κ2) is 7.93. The first-order valence-corrected chi connectivity index (χ1v) is 9.69. The molecule has 0 bridgehead atoms. The van der Waals surface area contributed by atoms with Crippen LogP contribution in [0.15, 0.2) is 47.0 Å².